The minimum atomic E-state index is -0.106. The van der Waals surface area contributed by atoms with Crippen molar-refractivity contribution in [2.75, 3.05) is 28.6 Å². The van der Waals surface area contributed by atoms with E-state index in [2.05, 4.69) is 48.0 Å². The summed E-state index contributed by atoms with van der Waals surface area (Å²) in [6.45, 7) is 5.18. The number of hydrogen-bond acceptors (Lipinski definition) is 8. The van der Waals surface area contributed by atoms with Crippen LogP contribution in [-0.4, -0.2) is 38.9 Å². The van der Waals surface area contributed by atoms with Gasteiger partial charge in [0.15, 0.2) is 0 Å². The number of hydrogen-bond donors (Lipinski definition) is 2. The second-order valence-electron chi connectivity index (χ2n) is 8.64. The van der Waals surface area contributed by atoms with Gasteiger partial charge in [-0.1, -0.05) is 36.4 Å². The average molecular weight is 486 g/mol. The molecule has 0 saturated carbocycles. The summed E-state index contributed by atoms with van der Waals surface area (Å²) < 4.78 is 0. The molecule has 0 unspecified atom stereocenters. The lowest BCUT2D eigenvalue weighted by atomic mass is 9.98. The summed E-state index contributed by atoms with van der Waals surface area (Å²) in [6.07, 6.45) is 3.55. The predicted molar refractivity (Wildman–Crippen MR) is 140 cm³/mol. The first kappa shape index (κ1) is 22.9. The zero-order chi connectivity index (χ0) is 24.2. The number of amides is 1. The molecule has 1 fully saturated rings. The molecule has 9 heteroatoms. The Morgan fingerprint density at radius 3 is 2.63 bits per heavy atom. The Morgan fingerprint density at radius 2 is 1.86 bits per heavy atom. The molecule has 3 heterocycles. The predicted octanol–water partition coefficient (Wildman–Crippen LogP) is 5.39. The van der Waals surface area contributed by atoms with Crippen molar-refractivity contribution in [2.45, 2.75) is 32.6 Å². The largest absolute Gasteiger partial charge is 0.341 e. The first-order valence-electron chi connectivity index (χ1n) is 11.7. The number of carbonyl (C=O) groups is 1. The minimum absolute atomic E-state index is 0.106. The van der Waals surface area contributed by atoms with Crippen molar-refractivity contribution in [3.05, 3.63) is 70.8 Å². The van der Waals surface area contributed by atoms with Gasteiger partial charge in [-0.3, -0.25) is 4.79 Å². The number of piperidine rings is 1. The molecular weight excluding hydrogens is 458 g/mol. The summed E-state index contributed by atoms with van der Waals surface area (Å²) in [4.78, 5) is 31.9. The van der Waals surface area contributed by atoms with Gasteiger partial charge in [0, 0.05) is 48.2 Å². The summed E-state index contributed by atoms with van der Waals surface area (Å²) in [5.74, 6) is 1.49. The van der Waals surface area contributed by atoms with E-state index in [9.17, 15) is 4.79 Å². The number of aryl methyl sites for hydroxylation is 1. The van der Waals surface area contributed by atoms with E-state index in [-0.39, 0.29) is 5.91 Å². The fraction of sp³-hybridized carbons (Fsp3) is 0.269. The smallest absolute Gasteiger partial charge is 0.231 e. The number of carbonyl (C=O) groups excluding carboxylic acids is 1. The van der Waals surface area contributed by atoms with Crippen molar-refractivity contribution >= 4 is 40.5 Å². The van der Waals surface area contributed by atoms with Crippen LogP contribution in [0.25, 0.3) is 11.3 Å². The number of anilines is 4. The first-order chi connectivity index (χ1) is 17.0. The van der Waals surface area contributed by atoms with Gasteiger partial charge in [-0.05, 0) is 37.5 Å². The van der Waals surface area contributed by atoms with E-state index < -0.39 is 0 Å². The Balaban J connectivity index is 1.23. The topological polar surface area (TPSA) is 95.9 Å². The van der Waals surface area contributed by atoms with Gasteiger partial charge in [0.1, 0.15) is 6.33 Å². The molecule has 1 saturated heterocycles. The van der Waals surface area contributed by atoms with Crippen molar-refractivity contribution in [2.24, 2.45) is 0 Å². The molecule has 8 nitrogen and oxygen atoms in total. The van der Waals surface area contributed by atoms with Crippen LogP contribution in [0.15, 0.2) is 60.2 Å². The maximum absolute atomic E-state index is 11.5. The standard InChI is InChI=1S/C26H27N7OS/c1-17-8-9-21(14-22(17)29-18(2)34)30-25-27-16-28-26(32-25)33-12-10-20(11-13-33)24-31-23(15-35-24)19-6-4-3-5-7-19/h3-9,14-16,20H,10-13H2,1-2H3,(H,29,34)(H,27,28,30,32). The lowest BCUT2D eigenvalue weighted by molar-refractivity contribution is -0.114. The van der Waals surface area contributed by atoms with Crippen molar-refractivity contribution in [1.82, 2.24) is 19.9 Å². The highest BCUT2D eigenvalue weighted by Crippen LogP contribution is 2.33. The monoisotopic (exact) mass is 485 g/mol. The van der Waals surface area contributed by atoms with Gasteiger partial charge in [-0.2, -0.15) is 4.98 Å². The second kappa shape index (κ2) is 10.2. The fourth-order valence-corrected chi connectivity index (χ4v) is 5.20. The number of aromatic nitrogens is 4. The minimum Gasteiger partial charge on any atom is -0.341 e. The third-order valence-electron chi connectivity index (χ3n) is 6.08. The molecule has 0 bridgehead atoms. The molecule has 2 N–H and O–H groups in total. The van der Waals surface area contributed by atoms with Crippen LogP contribution in [0.3, 0.4) is 0 Å². The molecule has 2 aromatic carbocycles. The van der Waals surface area contributed by atoms with Crippen LogP contribution in [0.1, 0.15) is 36.3 Å². The van der Waals surface area contributed by atoms with Crippen molar-refractivity contribution in [1.29, 1.82) is 0 Å². The Bertz CT molecular complexity index is 1320. The molecule has 1 amide bonds. The van der Waals surface area contributed by atoms with Gasteiger partial charge in [0.2, 0.25) is 17.8 Å². The first-order valence-corrected chi connectivity index (χ1v) is 12.5. The van der Waals surface area contributed by atoms with E-state index in [4.69, 9.17) is 4.98 Å². The highest BCUT2D eigenvalue weighted by molar-refractivity contribution is 7.10. The third kappa shape index (κ3) is 5.46. The quantitative estimate of drug-likeness (QED) is 0.378. The molecule has 1 aliphatic rings. The van der Waals surface area contributed by atoms with Gasteiger partial charge < -0.3 is 15.5 Å². The van der Waals surface area contributed by atoms with E-state index in [1.807, 2.05) is 43.3 Å². The van der Waals surface area contributed by atoms with E-state index >= 15 is 0 Å². The van der Waals surface area contributed by atoms with Crippen LogP contribution in [0.5, 0.6) is 0 Å². The third-order valence-corrected chi connectivity index (χ3v) is 7.09. The average Bonchev–Trinajstić information content (AvgIpc) is 3.37. The Kier molecular flexibility index (Phi) is 6.67. The number of nitrogens with zero attached hydrogens (tertiary/aromatic N) is 5. The van der Waals surface area contributed by atoms with Crippen LogP contribution < -0.4 is 15.5 Å². The van der Waals surface area contributed by atoms with Crippen LogP contribution in [0, 0.1) is 6.92 Å². The molecule has 0 atom stereocenters. The van der Waals surface area contributed by atoms with Crippen LogP contribution in [0.4, 0.5) is 23.3 Å². The molecule has 0 spiro atoms. The number of thiazole rings is 1. The van der Waals surface area contributed by atoms with Crippen molar-refractivity contribution < 1.29 is 4.79 Å². The molecule has 0 aliphatic carbocycles. The summed E-state index contributed by atoms with van der Waals surface area (Å²) in [5, 5.41) is 9.44. The summed E-state index contributed by atoms with van der Waals surface area (Å²) >= 11 is 1.75. The molecule has 1 aliphatic heterocycles. The maximum Gasteiger partial charge on any atom is 0.231 e. The van der Waals surface area contributed by atoms with Gasteiger partial charge in [-0.25, -0.2) is 15.0 Å². The van der Waals surface area contributed by atoms with Crippen molar-refractivity contribution in [3.8, 4) is 11.3 Å². The van der Waals surface area contributed by atoms with E-state index in [0.29, 0.717) is 17.8 Å². The summed E-state index contributed by atoms with van der Waals surface area (Å²) in [6, 6.07) is 16.1. The van der Waals surface area contributed by atoms with Gasteiger partial charge in [0.25, 0.3) is 0 Å². The fourth-order valence-electron chi connectivity index (χ4n) is 4.20. The summed E-state index contributed by atoms with van der Waals surface area (Å²) in [5.41, 5.74) is 4.76. The SMILES string of the molecule is CC(=O)Nc1cc(Nc2ncnc(N3CCC(c4nc(-c5ccccc5)cs4)CC3)n2)ccc1C. The Hall–Kier alpha value is -3.85. The lowest BCUT2D eigenvalue weighted by Crippen LogP contribution is -2.34. The lowest BCUT2D eigenvalue weighted by Gasteiger charge is -2.31. The maximum atomic E-state index is 11.5. The van der Waals surface area contributed by atoms with Crippen LogP contribution >= 0.6 is 11.3 Å². The number of benzene rings is 2. The Morgan fingerprint density at radius 1 is 1.06 bits per heavy atom. The molecule has 2 aromatic heterocycles. The molecule has 4 aromatic rings. The van der Waals surface area contributed by atoms with Gasteiger partial charge >= 0.3 is 0 Å². The van der Waals surface area contributed by atoms with E-state index in [1.54, 1.807) is 11.3 Å². The number of nitrogens with one attached hydrogen (secondary N) is 2. The normalized spacial score (nSPS) is 14.1. The molecule has 5 rings (SSSR count). The zero-order valence-electron chi connectivity index (χ0n) is 19.7. The highest BCUT2D eigenvalue weighted by Gasteiger charge is 2.25. The molecule has 0 radical (unpaired) electrons. The molecule has 35 heavy (non-hydrogen) atoms. The van der Waals surface area contributed by atoms with Crippen LogP contribution in [0.2, 0.25) is 0 Å². The number of rotatable bonds is 6. The van der Waals surface area contributed by atoms with Crippen LogP contribution in [-0.2, 0) is 4.79 Å². The zero-order valence-corrected chi connectivity index (χ0v) is 20.5. The second-order valence-corrected chi connectivity index (χ2v) is 9.53. The molecular formula is C26H27N7OS. The van der Waals surface area contributed by atoms with Gasteiger partial charge in [-0.15, -0.1) is 11.3 Å². The summed E-state index contributed by atoms with van der Waals surface area (Å²) in [7, 11) is 0. The highest BCUT2D eigenvalue weighted by atomic mass is 32.1. The Labute approximate surface area is 208 Å². The van der Waals surface area contributed by atoms with E-state index in [1.165, 1.54) is 18.3 Å². The molecule has 178 valence electrons. The van der Waals surface area contributed by atoms with Gasteiger partial charge in [0.05, 0.1) is 10.7 Å². The van der Waals surface area contributed by atoms with Crippen molar-refractivity contribution in [3.63, 3.8) is 0 Å². The van der Waals surface area contributed by atoms with E-state index in [0.717, 1.165) is 54.1 Å².